The monoisotopic (exact) mass is 205 g/mol. The highest BCUT2D eigenvalue weighted by Crippen LogP contribution is 2.14. The lowest BCUT2D eigenvalue weighted by Gasteiger charge is -2.14. The summed E-state index contributed by atoms with van der Waals surface area (Å²) in [5.41, 5.74) is 7.15. The van der Waals surface area contributed by atoms with Crippen molar-refractivity contribution in [3.8, 4) is 0 Å². The average molecular weight is 205 g/mol. The molecule has 1 aromatic rings. The fourth-order valence-corrected chi connectivity index (χ4v) is 2.10. The summed E-state index contributed by atoms with van der Waals surface area (Å²) in [7, 11) is 0. The van der Waals surface area contributed by atoms with E-state index in [0.717, 1.165) is 26.1 Å². The molecule has 0 bridgehead atoms. The number of hydrogen-bond acceptors (Lipinski definition) is 3. The van der Waals surface area contributed by atoms with Gasteiger partial charge >= 0.3 is 0 Å². The summed E-state index contributed by atoms with van der Waals surface area (Å²) in [5.74, 6) is 0.633. The SMILES string of the molecule is CC1CN(CCc2ccccn2)CC1N. The molecule has 1 aliphatic heterocycles. The van der Waals surface area contributed by atoms with Gasteiger partial charge in [0.1, 0.15) is 0 Å². The number of rotatable bonds is 3. The van der Waals surface area contributed by atoms with E-state index >= 15 is 0 Å². The molecule has 0 radical (unpaired) electrons. The summed E-state index contributed by atoms with van der Waals surface area (Å²) in [6.45, 7) is 5.47. The zero-order valence-electron chi connectivity index (χ0n) is 9.26. The highest BCUT2D eigenvalue weighted by Gasteiger charge is 2.25. The first-order chi connectivity index (χ1) is 7.25. The highest BCUT2D eigenvalue weighted by molar-refractivity contribution is 5.04. The number of nitrogens with zero attached hydrogens (tertiary/aromatic N) is 2. The molecule has 3 nitrogen and oxygen atoms in total. The first kappa shape index (κ1) is 10.6. The number of likely N-dealkylation sites (tertiary alicyclic amines) is 1. The van der Waals surface area contributed by atoms with Gasteiger partial charge in [0.2, 0.25) is 0 Å². The van der Waals surface area contributed by atoms with Crippen molar-refractivity contribution in [1.29, 1.82) is 0 Å². The van der Waals surface area contributed by atoms with Gasteiger partial charge in [0.05, 0.1) is 0 Å². The van der Waals surface area contributed by atoms with Gasteiger partial charge in [0, 0.05) is 44.0 Å². The van der Waals surface area contributed by atoms with Crippen LogP contribution in [0.25, 0.3) is 0 Å². The summed E-state index contributed by atoms with van der Waals surface area (Å²) in [4.78, 5) is 6.75. The molecule has 0 aliphatic carbocycles. The third-order valence-corrected chi connectivity index (χ3v) is 3.16. The molecule has 1 fully saturated rings. The Morgan fingerprint density at radius 3 is 2.93 bits per heavy atom. The van der Waals surface area contributed by atoms with E-state index in [9.17, 15) is 0 Å². The zero-order chi connectivity index (χ0) is 10.7. The Labute approximate surface area is 91.3 Å². The van der Waals surface area contributed by atoms with Crippen LogP contribution in [-0.4, -0.2) is 35.6 Å². The maximum Gasteiger partial charge on any atom is 0.0416 e. The third kappa shape index (κ3) is 2.76. The molecule has 0 spiro atoms. The molecule has 1 aromatic heterocycles. The van der Waals surface area contributed by atoms with Crippen LogP contribution in [0.5, 0.6) is 0 Å². The Balaban J connectivity index is 1.80. The van der Waals surface area contributed by atoms with Crippen LogP contribution in [0.15, 0.2) is 24.4 Å². The molecule has 2 atom stereocenters. The van der Waals surface area contributed by atoms with E-state index in [2.05, 4.69) is 22.9 Å². The van der Waals surface area contributed by atoms with Crippen molar-refractivity contribution < 1.29 is 0 Å². The second-order valence-corrected chi connectivity index (χ2v) is 4.47. The van der Waals surface area contributed by atoms with E-state index in [-0.39, 0.29) is 0 Å². The molecule has 0 aromatic carbocycles. The average Bonchev–Trinajstić information content (AvgIpc) is 2.57. The number of pyridine rings is 1. The Bertz CT molecular complexity index is 289. The minimum atomic E-state index is 0.355. The van der Waals surface area contributed by atoms with Gasteiger partial charge in [0.15, 0.2) is 0 Å². The Morgan fingerprint density at radius 2 is 2.33 bits per heavy atom. The third-order valence-electron chi connectivity index (χ3n) is 3.16. The second kappa shape index (κ2) is 4.73. The molecule has 1 aliphatic rings. The maximum absolute atomic E-state index is 5.98. The smallest absolute Gasteiger partial charge is 0.0416 e. The van der Waals surface area contributed by atoms with Gasteiger partial charge in [0.25, 0.3) is 0 Å². The predicted octanol–water partition coefficient (Wildman–Crippen LogP) is 0.903. The van der Waals surface area contributed by atoms with E-state index in [0.29, 0.717) is 12.0 Å². The molecule has 3 heteroatoms. The molecule has 0 saturated carbocycles. The highest BCUT2D eigenvalue weighted by atomic mass is 15.2. The van der Waals surface area contributed by atoms with Crippen molar-refractivity contribution in [2.24, 2.45) is 11.7 Å². The maximum atomic E-state index is 5.98. The van der Waals surface area contributed by atoms with Gasteiger partial charge in [-0.15, -0.1) is 0 Å². The standard InChI is InChI=1S/C12H19N3/c1-10-8-15(9-12(10)13)7-5-11-4-2-3-6-14-11/h2-4,6,10,12H,5,7-9,13H2,1H3. The number of aromatic nitrogens is 1. The van der Waals surface area contributed by atoms with E-state index < -0.39 is 0 Å². The summed E-state index contributed by atoms with van der Waals surface area (Å²) < 4.78 is 0. The number of nitrogens with two attached hydrogens (primary N) is 1. The van der Waals surface area contributed by atoms with Crippen molar-refractivity contribution in [2.45, 2.75) is 19.4 Å². The van der Waals surface area contributed by atoms with Gasteiger partial charge in [-0.2, -0.15) is 0 Å². The molecular formula is C12H19N3. The second-order valence-electron chi connectivity index (χ2n) is 4.47. The predicted molar refractivity (Wildman–Crippen MR) is 61.5 cm³/mol. The van der Waals surface area contributed by atoms with Crippen molar-refractivity contribution in [1.82, 2.24) is 9.88 Å². The number of hydrogen-bond donors (Lipinski definition) is 1. The van der Waals surface area contributed by atoms with Crippen LogP contribution < -0.4 is 5.73 Å². The molecular weight excluding hydrogens is 186 g/mol. The van der Waals surface area contributed by atoms with Crippen molar-refractivity contribution in [3.63, 3.8) is 0 Å². The summed E-state index contributed by atoms with van der Waals surface area (Å²) in [6, 6.07) is 6.44. The Morgan fingerprint density at radius 1 is 1.47 bits per heavy atom. The summed E-state index contributed by atoms with van der Waals surface area (Å²) in [6.07, 6.45) is 2.88. The van der Waals surface area contributed by atoms with Gasteiger partial charge in [-0.05, 0) is 18.1 Å². The normalized spacial score (nSPS) is 27.1. The van der Waals surface area contributed by atoms with Crippen LogP contribution in [0.2, 0.25) is 0 Å². The largest absolute Gasteiger partial charge is 0.326 e. The van der Waals surface area contributed by atoms with Gasteiger partial charge in [-0.3, -0.25) is 4.98 Å². The first-order valence-electron chi connectivity index (χ1n) is 5.63. The van der Waals surface area contributed by atoms with Crippen LogP contribution in [-0.2, 0) is 6.42 Å². The van der Waals surface area contributed by atoms with Gasteiger partial charge < -0.3 is 10.6 Å². The zero-order valence-corrected chi connectivity index (χ0v) is 9.26. The van der Waals surface area contributed by atoms with Crippen molar-refractivity contribution >= 4 is 0 Å². The molecule has 1 saturated heterocycles. The van der Waals surface area contributed by atoms with Crippen LogP contribution in [0.1, 0.15) is 12.6 Å². The van der Waals surface area contributed by atoms with E-state index in [1.807, 2.05) is 18.3 Å². The lowest BCUT2D eigenvalue weighted by atomic mass is 10.1. The van der Waals surface area contributed by atoms with Crippen LogP contribution in [0, 0.1) is 5.92 Å². The lowest BCUT2D eigenvalue weighted by molar-refractivity contribution is 0.329. The summed E-state index contributed by atoms with van der Waals surface area (Å²) in [5, 5.41) is 0. The lowest BCUT2D eigenvalue weighted by Crippen LogP contribution is -2.29. The Kier molecular flexibility index (Phi) is 3.34. The van der Waals surface area contributed by atoms with Crippen molar-refractivity contribution in [3.05, 3.63) is 30.1 Å². The van der Waals surface area contributed by atoms with E-state index in [4.69, 9.17) is 5.73 Å². The molecule has 82 valence electrons. The molecule has 2 rings (SSSR count). The topological polar surface area (TPSA) is 42.2 Å². The molecule has 15 heavy (non-hydrogen) atoms. The Hall–Kier alpha value is -0.930. The van der Waals surface area contributed by atoms with Gasteiger partial charge in [-0.1, -0.05) is 13.0 Å². The quantitative estimate of drug-likeness (QED) is 0.797. The van der Waals surface area contributed by atoms with Crippen LogP contribution in [0.3, 0.4) is 0 Å². The van der Waals surface area contributed by atoms with E-state index in [1.54, 1.807) is 0 Å². The first-order valence-corrected chi connectivity index (χ1v) is 5.63. The molecule has 2 heterocycles. The van der Waals surface area contributed by atoms with Crippen LogP contribution >= 0.6 is 0 Å². The van der Waals surface area contributed by atoms with E-state index in [1.165, 1.54) is 5.69 Å². The summed E-state index contributed by atoms with van der Waals surface area (Å²) >= 11 is 0. The van der Waals surface area contributed by atoms with Crippen molar-refractivity contribution in [2.75, 3.05) is 19.6 Å². The fraction of sp³-hybridized carbons (Fsp3) is 0.583. The minimum absolute atomic E-state index is 0.355. The molecule has 2 N–H and O–H groups in total. The molecule has 2 unspecified atom stereocenters. The minimum Gasteiger partial charge on any atom is -0.326 e. The van der Waals surface area contributed by atoms with Crippen LogP contribution in [0.4, 0.5) is 0 Å². The van der Waals surface area contributed by atoms with Gasteiger partial charge in [-0.25, -0.2) is 0 Å². The molecule has 0 amide bonds. The fourth-order valence-electron chi connectivity index (χ4n) is 2.10.